The largest absolute Gasteiger partial charge is 0.497 e. The molecule has 24 heavy (non-hydrogen) atoms. The van der Waals surface area contributed by atoms with E-state index in [4.69, 9.17) is 9.47 Å². The Bertz CT molecular complexity index is 665. The summed E-state index contributed by atoms with van der Waals surface area (Å²) in [5, 5.41) is 5.45. The molecule has 1 fully saturated rings. The summed E-state index contributed by atoms with van der Waals surface area (Å²) in [6, 6.07) is 9.76. The number of methoxy groups -OCH3 is 2. The molecule has 2 heterocycles. The van der Waals surface area contributed by atoms with Gasteiger partial charge in [0, 0.05) is 43.0 Å². The third-order valence-corrected chi connectivity index (χ3v) is 5.02. The number of nitrogens with one attached hydrogen (secondary N) is 1. The number of nitrogens with zero attached hydrogens (tertiary/aromatic N) is 1. The minimum absolute atomic E-state index is 0.125. The van der Waals surface area contributed by atoms with E-state index in [-0.39, 0.29) is 11.9 Å². The maximum absolute atomic E-state index is 12.5. The van der Waals surface area contributed by atoms with Crippen molar-refractivity contribution < 1.29 is 14.3 Å². The van der Waals surface area contributed by atoms with Gasteiger partial charge in [-0.3, -0.25) is 4.79 Å². The van der Waals surface area contributed by atoms with E-state index < -0.39 is 0 Å². The molecule has 0 aliphatic carbocycles. The molecule has 1 saturated heterocycles. The molecule has 1 aliphatic rings. The van der Waals surface area contributed by atoms with Gasteiger partial charge in [0.2, 0.25) is 0 Å². The van der Waals surface area contributed by atoms with Gasteiger partial charge in [0.1, 0.15) is 11.5 Å². The Morgan fingerprint density at radius 2 is 2.00 bits per heavy atom. The lowest BCUT2D eigenvalue weighted by Crippen LogP contribution is -2.44. The third kappa shape index (κ3) is 3.82. The van der Waals surface area contributed by atoms with Crippen molar-refractivity contribution in [3.05, 3.63) is 40.6 Å². The van der Waals surface area contributed by atoms with Crippen molar-refractivity contribution in [3.63, 3.8) is 0 Å². The van der Waals surface area contributed by atoms with Crippen LogP contribution in [0.25, 0.3) is 0 Å². The smallest absolute Gasteiger partial charge is 0.263 e. The molecule has 1 aromatic heterocycles. The molecule has 0 bridgehead atoms. The fourth-order valence-corrected chi connectivity index (χ4v) is 3.65. The van der Waals surface area contributed by atoms with E-state index in [0.29, 0.717) is 6.54 Å². The van der Waals surface area contributed by atoms with E-state index in [2.05, 4.69) is 5.32 Å². The van der Waals surface area contributed by atoms with Crippen LogP contribution in [0.4, 0.5) is 5.69 Å². The lowest BCUT2D eigenvalue weighted by molar-refractivity contribution is 0.0719. The number of rotatable bonds is 5. The monoisotopic (exact) mass is 346 g/mol. The number of thiophene rings is 1. The molecule has 1 aliphatic heterocycles. The minimum Gasteiger partial charge on any atom is -0.497 e. The van der Waals surface area contributed by atoms with Gasteiger partial charge < -0.3 is 19.7 Å². The quantitative estimate of drug-likeness (QED) is 0.900. The van der Waals surface area contributed by atoms with Crippen molar-refractivity contribution >= 4 is 22.9 Å². The van der Waals surface area contributed by atoms with Crippen LogP contribution < -0.4 is 14.8 Å². The molecule has 0 saturated carbocycles. The van der Waals surface area contributed by atoms with Crippen LogP contribution in [0.15, 0.2) is 35.7 Å². The Kier molecular flexibility index (Phi) is 5.25. The van der Waals surface area contributed by atoms with E-state index in [1.807, 2.05) is 40.6 Å². The number of anilines is 1. The predicted octanol–water partition coefficient (Wildman–Crippen LogP) is 3.48. The van der Waals surface area contributed by atoms with Crippen LogP contribution in [-0.2, 0) is 0 Å². The van der Waals surface area contributed by atoms with Crippen LogP contribution in [0, 0.1) is 0 Å². The number of benzene rings is 1. The van der Waals surface area contributed by atoms with Crippen LogP contribution in [0.3, 0.4) is 0 Å². The molecule has 1 atom stereocenters. The Labute approximate surface area is 146 Å². The second-order valence-electron chi connectivity index (χ2n) is 5.81. The molecule has 1 amide bonds. The van der Waals surface area contributed by atoms with Gasteiger partial charge in [-0.25, -0.2) is 0 Å². The van der Waals surface area contributed by atoms with Crippen LogP contribution in [0.5, 0.6) is 11.5 Å². The normalized spacial score (nSPS) is 17.4. The maximum atomic E-state index is 12.5. The lowest BCUT2D eigenvalue weighted by atomic mass is 10.0. The summed E-state index contributed by atoms with van der Waals surface area (Å²) in [7, 11) is 3.28. The summed E-state index contributed by atoms with van der Waals surface area (Å²) in [5.74, 6) is 1.62. The zero-order valence-corrected chi connectivity index (χ0v) is 14.8. The summed E-state index contributed by atoms with van der Waals surface area (Å²) in [5.41, 5.74) is 0.946. The van der Waals surface area contributed by atoms with Crippen molar-refractivity contribution in [2.24, 2.45) is 0 Å². The topological polar surface area (TPSA) is 50.8 Å². The molecule has 0 unspecified atom stereocenters. The van der Waals surface area contributed by atoms with Crippen molar-refractivity contribution in [2.75, 3.05) is 32.6 Å². The standard InChI is InChI=1S/C18H22N2O3S/c1-22-15-9-14(10-16(11-15)23-2)19-13-5-3-7-20(12-13)18(21)17-6-4-8-24-17/h4,6,8-11,13,19H,3,5,7,12H2,1-2H3/t13-/m1/s1. The lowest BCUT2D eigenvalue weighted by Gasteiger charge is -2.33. The molecule has 1 aromatic carbocycles. The Balaban J connectivity index is 1.68. The van der Waals surface area contributed by atoms with Gasteiger partial charge in [0.15, 0.2) is 0 Å². The third-order valence-electron chi connectivity index (χ3n) is 4.16. The molecule has 0 spiro atoms. The molecule has 1 N–H and O–H groups in total. The molecule has 128 valence electrons. The zero-order valence-electron chi connectivity index (χ0n) is 14.0. The Hall–Kier alpha value is -2.21. The van der Waals surface area contributed by atoms with Crippen LogP contribution >= 0.6 is 11.3 Å². The van der Waals surface area contributed by atoms with Gasteiger partial charge in [0.05, 0.1) is 19.1 Å². The van der Waals surface area contributed by atoms with E-state index in [1.165, 1.54) is 11.3 Å². The highest BCUT2D eigenvalue weighted by Gasteiger charge is 2.25. The molecule has 5 nitrogen and oxygen atoms in total. The first-order valence-electron chi connectivity index (χ1n) is 8.02. The second kappa shape index (κ2) is 7.57. The van der Waals surface area contributed by atoms with E-state index in [1.54, 1.807) is 14.2 Å². The van der Waals surface area contributed by atoms with E-state index >= 15 is 0 Å². The highest BCUT2D eigenvalue weighted by Crippen LogP contribution is 2.27. The average molecular weight is 346 g/mol. The van der Waals surface area contributed by atoms with Gasteiger partial charge in [0.25, 0.3) is 5.91 Å². The molecule has 3 rings (SSSR count). The number of hydrogen-bond donors (Lipinski definition) is 1. The predicted molar refractivity (Wildman–Crippen MR) is 96.4 cm³/mol. The van der Waals surface area contributed by atoms with Crippen LogP contribution in [0.2, 0.25) is 0 Å². The Morgan fingerprint density at radius 1 is 1.25 bits per heavy atom. The first-order valence-corrected chi connectivity index (χ1v) is 8.90. The minimum atomic E-state index is 0.125. The molecular weight excluding hydrogens is 324 g/mol. The number of hydrogen-bond acceptors (Lipinski definition) is 5. The number of piperidine rings is 1. The van der Waals surface area contributed by atoms with Gasteiger partial charge in [-0.15, -0.1) is 11.3 Å². The first kappa shape index (κ1) is 16.6. The number of carbonyl (C=O) groups is 1. The number of likely N-dealkylation sites (tertiary alicyclic amines) is 1. The van der Waals surface area contributed by atoms with Crippen molar-refractivity contribution in [3.8, 4) is 11.5 Å². The highest BCUT2D eigenvalue weighted by atomic mass is 32.1. The van der Waals surface area contributed by atoms with Crippen molar-refractivity contribution in [1.82, 2.24) is 4.90 Å². The average Bonchev–Trinajstić information content (AvgIpc) is 3.15. The summed E-state index contributed by atoms with van der Waals surface area (Å²) in [6.07, 6.45) is 2.03. The number of amides is 1. The fraction of sp³-hybridized carbons (Fsp3) is 0.389. The Morgan fingerprint density at radius 3 is 2.62 bits per heavy atom. The van der Waals surface area contributed by atoms with Gasteiger partial charge >= 0.3 is 0 Å². The van der Waals surface area contributed by atoms with Gasteiger partial charge in [-0.05, 0) is 24.3 Å². The number of ether oxygens (including phenoxy) is 2. The molecule has 2 aromatic rings. The molecular formula is C18H22N2O3S. The van der Waals surface area contributed by atoms with Crippen LogP contribution in [0.1, 0.15) is 22.5 Å². The summed E-state index contributed by atoms with van der Waals surface area (Å²) in [4.78, 5) is 15.3. The summed E-state index contributed by atoms with van der Waals surface area (Å²) >= 11 is 1.50. The van der Waals surface area contributed by atoms with Crippen LogP contribution in [-0.4, -0.2) is 44.2 Å². The summed E-state index contributed by atoms with van der Waals surface area (Å²) < 4.78 is 10.6. The van der Waals surface area contributed by atoms with Crippen molar-refractivity contribution in [2.45, 2.75) is 18.9 Å². The van der Waals surface area contributed by atoms with Gasteiger partial charge in [-0.1, -0.05) is 6.07 Å². The fourth-order valence-electron chi connectivity index (χ4n) is 2.96. The summed E-state index contributed by atoms with van der Waals surface area (Å²) in [6.45, 7) is 1.52. The highest BCUT2D eigenvalue weighted by molar-refractivity contribution is 7.12. The first-order chi connectivity index (χ1) is 11.7. The second-order valence-corrected chi connectivity index (χ2v) is 6.76. The van der Waals surface area contributed by atoms with Gasteiger partial charge in [-0.2, -0.15) is 0 Å². The zero-order chi connectivity index (χ0) is 16.9. The molecule has 6 heteroatoms. The van der Waals surface area contributed by atoms with E-state index in [0.717, 1.165) is 41.4 Å². The maximum Gasteiger partial charge on any atom is 0.263 e. The molecule has 0 radical (unpaired) electrons. The van der Waals surface area contributed by atoms with Crippen molar-refractivity contribution in [1.29, 1.82) is 0 Å². The SMILES string of the molecule is COc1cc(N[C@@H]2CCCN(C(=O)c3cccs3)C2)cc(OC)c1. The van der Waals surface area contributed by atoms with E-state index in [9.17, 15) is 4.79 Å². The number of carbonyl (C=O) groups excluding carboxylic acids is 1.